The minimum Gasteiger partial charge on any atom is -0.125 e. The second-order valence-electron chi connectivity index (χ2n) is 0.957. The summed E-state index contributed by atoms with van der Waals surface area (Å²) < 4.78 is 0. The van der Waals surface area contributed by atoms with Gasteiger partial charge < -0.3 is 0 Å². The molecule has 1 heteroatoms. The van der Waals surface area contributed by atoms with Crippen molar-refractivity contribution < 1.29 is 0 Å². The Hall–Kier alpha value is 0.430. The summed E-state index contributed by atoms with van der Waals surface area (Å²) in [6.45, 7) is 5.88. The Morgan fingerprint density at radius 2 is 2.40 bits per heavy atom. The van der Waals surface area contributed by atoms with E-state index in [2.05, 4.69) is 13.6 Å². The summed E-state index contributed by atoms with van der Waals surface area (Å²) in [5.74, 6) is 0. The van der Waals surface area contributed by atoms with Gasteiger partial charge in [-0.3, -0.25) is 0 Å². The molecule has 0 amide bonds. The first-order valence-electron chi connectivity index (χ1n) is 1.85. The Morgan fingerprint density at radius 1 is 1.80 bits per heavy atom. The van der Waals surface area contributed by atoms with Crippen LogP contribution in [0.2, 0.25) is 0 Å². The van der Waals surface area contributed by atoms with Crippen molar-refractivity contribution in [2.75, 3.05) is 12.8 Å². The Balaban J connectivity index is 2.19. The van der Waals surface area contributed by atoms with E-state index in [1.54, 1.807) is 0 Å². The molecule has 1 atom stereocenters. The van der Waals surface area contributed by atoms with E-state index in [1.165, 1.54) is 6.16 Å². The van der Waals surface area contributed by atoms with Crippen LogP contribution in [0.1, 0.15) is 6.42 Å². The lowest BCUT2D eigenvalue weighted by molar-refractivity contribution is 1.24. The highest BCUT2D eigenvalue weighted by Gasteiger charge is 1.67. The van der Waals surface area contributed by atoms with Crippen LogP contribution in [0.15, 0.2) is 0 Å². The molecular formula is C4H10P. The highest BCUT2D eigenvalue weighted by molar-refractivity contribution is 7.36. The molecule has 0 nitrogen and oxygen atoms in total. The molecule has 0 heterocycles. The fourth-order valence-corrected chi connectivity index (χ4v) is 0.530. The number of hydrogen-bond acceptors (Lipinski definition) is 0. The summed E-state index contributed by atoms with van der Waals surface area (Å²) in [6, 6.07) is 0. The summed E-state index contributed by atoms with van der Waals surface area (Å²) in [7, 11) is 1.10. The third-order valence-corrected chi connectivity index (χ3v) is 1.28. The maximum Gasteiger partial charge on any atom is -0.0356 e. The van der Waals surface area contributed by atoms with Crippen molar-refractivity contribution in [1.29, 1.82) is 0 Å². The van der Waals surface area contributed by atoms with Crippen molar-refractivity contribution >= 4 is 8.58 Å². The molecule has 0 fully saturated rings. The molecule has 0 aromatic carbocycles. The van der Waals surface area contributed by atoms with Gasteiger partial charge in [0.05, 0.1) is 0 Å². The molecule has 0 rings (SSSR count). The number of hydrogen-bond donors (Lipinski definition) is 0. The molecule has 0 aromatic heterocycles. The van der Waals surface area contributed by atoms with Crippen LogP contribution in [0.5, 0.6) is 0 Å². The van der Waals surface area contributed by atoms with Crippen molar-refractivity contribution in [3.8, 4) is 0 Å². The van der Waals surface area contributed by atoms with Crippen LogP contribution < -0.4 is 0 Å². The molecule has 1 unspecified atom stereocenters. The first-order chi connectivity index (χ1) is 2.41. The highest BCUT2D eigenvalue weighted by Crippen LogP contribution is 2.00. The van der Waals surface area contributed by atoms with Gasteiger partial charge in [0, 0.05) is 0 Å². The van der Waals surface area contributed by atoms with Gasteiger partial charge in [0.15, 0.2) is 0 Å². The van der Waals surface area contributed by atoms with E-state index in [0.29, 0.717) is 0 Å². The van der Waals surface area contributed by atoms with Crippen LogP contribution in [0.4, 0.5) is 0 Å². The van der Waals surface area contributed by atoms with E-state index in [9.17, 15) is 0 Å². The summed E-state index contributed by atoms with van der Waals surface area (Å²) in [5, 5.41) is 0. The van der Waals surface area contributed by atoms with Crippen molar-refractivity contribution in [3.05, 3.63) is 6.92 Å². The van der Waals surface area contributed by atoms with Crippen molar-refractivity contribution in [1.82, 2.24) is 0 Å². The summed E-state index contributed by atoms with van der Waals surface area (Å²) in [5.41, 5.74) is 0. The minimum absolute atomic E-state index is 1.10. The predicted octanol–water partition coefficient (Wildman–Crippen LogP) is 1.52. The first-order valence-corrected chi connectivity index (χ1v) is 3.56. The Bertz CT molecular complexity index is 11.1. The molecule has 0 saturated heterocycles. The van der Waals surface area contributed by atoms with E-state index < -0.39 is 0 Å². The van der Waals surface area contributed by atoms with Gasteiger partial charge in [0.1, 0.15) is 0 Å². The van der Waals surface area contributed by atoms with Crippen LogP contribution in [-0.2, 0) is 0 Å². The lowest BCUT2D eigenvalue weighted by atomic mass is 10.6. The fourth-order valence-electron chi connectivity index (χ4n) is 0.177. The van der Waals surface area contributed by atoms with E-state index in [0.717, 1.165) is 15.0 Å². The van der Waals surface area contributed by atoms with Gasteiger partial charge in [-0.1, -0.05) is 6.92 Å². The molecule has 0 aliphatic rings. The van der Waals surface area contributed by atoms with Crippen LogP contribution in [-0.4, -0.2) is 12.8 Å². The third-order valence-electron chi connectivity index (χ3n) is 0.427. The van der Waals surface area contributed by atoms with Gasteiger partial charge >= 0.3 is 0 Å². The fraction of sp³-hybridized carbons (Fsp3) is 0.750. The van der Waals surface area contributed by atoms with Gasteiger partial charge in [0.2, 0.25) is 0 Å². The zero-order chi connectivity index (χ0) is 4.12. The molecule has 5 heavy (non-hydrogen) atoms. The second kappa shape index (κ2) is 4.43. The molecule has 0 spiro atoms. The molecule has 0 saturated carbocycles. The Morgan fingerprint density at radius 3 is 2.40 bits per heavy atom. The van der Waals surface area contributed by atoms with Gasteiger partial charge in [-0.2, -0.15) is 0 Å². The average molecular weight is 89.1 g/mol. The van der Waals surface area contributed by atoms with Crippen LogP contribution >= 0.6 is 8.58 Å². The molecule has 0 bridgehead atoms. The maximum atomic E-state index is 3.68. The molecule has 1 radical (unpaired) electrons. The van der Waals surface area contributed by atoms with E-state index >= 15 is 0 Å². The number of rotatable bonds is 2. The molecule has 31 valence electrons. The minimum atomic E-state index is 1.10. The van der Waals surface area contributed by atoms with E-state index in [4.69, 9.17) is 0 Å². The van der Waals surface area contributed by atoms with Gasteiger partial charge in [-0.15, -0.1) is 8.58 Å². The average Bonchev–Trinajstić information content (AvgIpc) is 1.41. The van der Waals surface area contributed by atoms with E-state index in [1.807, 2.05) is 0 Å². The molecular weight excluding hydrogens is 79.0 g/mol. The summed E-state index contributed by atoms with van der Waals surface area (Å²) in [4.78, 5) is 0. The van der Waals surface area contributed by atoms with Crippen LogP contribution in [0, 0.1) is 6.92 Å². The van der Waals surface area contributed by atoms with Crippen molar-refractivity contribution in [3.63, 3.8) is 0 Å². The SMILES string of the molecule is [CH2]CCPC. The maximum absolute atomic E-state index is 3.68. The molecule has 0 aliphatic carbocycles. The monoisotopic (exact) mass is 89.1 g/mol. The molecule has 0 aliphatic heterocycles. The van der Waals surface area contributed by atoms with E-state index in [-0.39, 0.29) is 0 Å². The summed E-state index contributed by atoms with van der Waals surface area (Å²) in [6.07, 6.45) is 2.41. The summed E-state index contributed by atoms with van der Waals surface area (Å²) >= 11 is 0. The quantitative estimate of drug-likeness (QED) is 0.450. The zero-order valence-corrected chi connectivity index (χ0v) is 4.62. The molecule has 0 aromatic rings. The Kier molecular flexibility index (Phi) is 4.81. The van der Waals surface area contributed by atoms with Gasteiger partial charge in [-0.25, -0.2) is 0 Å². The smallest absolute Gasteiger partial charge is 0.0356 e. The van der Waals surface area contributed by atoms with Gasteiger partial charge in [-0.05, 0) is 19.2 Å². The Labute approximate surface area is 35.7 Å². The standard InChI is InChI=1S/C4H10P/c1-3-4-5-2/h5H,1,3-4H2,2H3. The second-order valence-corrected chi connectivity index (χ2v) is 2.16. The lowest BCUT2D eigenvalue weighted by Crippen LogP contribution is -1.62. The first kappa shape index (κ1) is 5.43. The zero-order valence-electron chi connectivity index (χ0n) is 3.62. The van der Waals surface area contributed by atoms with Crippen molar-refractivity contribution in [2.24, 2.45) is 0 Å². The van der Waals surface area contributed by atoms with Crippen molar-refractivity contribution in [2.45, 2.75) is 6.42 Å². The predicted molar refractivity (Wildman–Crippen MR) is 29.1 cm³/mol. The van der Waals surface area contributed by atoms with Gasteiger partial charge in [0.25, 0.3) is 0 Å². The molecule has 0 N–H and O–H groups in total. The van der Waals surface area contributed by atoms with Crippen LogP contribution in [0.3, 0.4) is 0 Å². The lowest BCUT2D eigenvalue weighted by Gasteiger charge is -1.80. The normalized spacial score (nSPS) is 10.8. The third kappa shape index (κ3) is 4.43. The van der Waals surface area contributed by atoms with Crippen LogP contribution in [0.25, 0.3) is 0 Å². The highest BCUT2D eigenvalue weighted by atomic mass is 31.1. The largest absolute Gasteiger partial charge is 0.125 e. The topological polar surface area (TPSA) is 0 Å².